The van der Waals surface area contributed by atoms with Gasteiger partial charge < -0.3 is 9.31 Å². The van der Waals surface area contributed by atoms with E-state index in [4.69, 9.17) is 9.31 Å². The van der Waals surface area contributed by atoms with E-state index in [1.807, 2.05) is 34.6 Å². The fourth-order valence-corrected chi connectivity index (χ4v) is 3.04. The molecule has 6 heteroatoms. The lowest BCUT2D eigenvalue weighted by Gasteiger charge is -2.32. The Hall–Kier alpha value is -1.01. The number of benzene rings is 1. The normalized spacial score (nSPS) is 23.4. The molecule has 0 radical (unpaired) electrons. The summed E-state index contributed by atoms with van der Waals surface area (Å²) < 4.78 is 53.0. The molecule has 1 saturated heterocycles. The van der Waals surface area contributed by atoms with Gasteiger partial charge in [-0.3, -0.25) is 0 Å². The molecular weight excluding hydrogens is 304 g/mol. The second-order valence-electron chi connectivity index (χ2n) is 7.68. The van der Waals surface area contributed by atoms with Gasteiger partial charge >= 0.3 is 13.3 Å². The molecule has 1 saturated carbocycles. The van der Waals surface area contributed by atoms with E-state index >= 15 is 0 Å². The number of rotatable bonds is 2. The molecule has 2 aliphatic rings. The highest BCUT2D eigenvalue weighted by molar-refractivity contribution is 6.62. The molecule has 1 aliphatic heterocycles. The highest BCUT2D eigenvalue weighted by Crippen LogP contribution is 2.46. The summed E-state index contributed by atoms with van der Waals surface area (Å²) in [6, 6.07) is 3.21. The molecule has 126 valence electrons. The smallest absolute Gasteiger partial charge is 0.399 e. The highest BCUT2D eigenvalue weighted by atomic mass is 19.4. The first-order chi connectivity index (χ1) is 10.4. The number of halogens is 3. The predicted octanol–water partition coefficient (Wildman–Crippen LogP) is 4.19. The van der Waals surface area contributed by atoms with Crippen molar-refractivity contribution < 1.29 is 22.5 Å². The molecule has 23 heavy (non-hydrogen) atoms. The number of aryl methyl sites for hydroxylation is 1. The van der Waals surface area contributed by atoms with Gasteiger partial charge in [-0.1, -0.05) is 17.7 Å². The van der Waals surface area contributed by atoms with Crippen LogP contribution in [0.2, 0.25) is 0 Å². The van der Waals surface area contributed by atoms with Crippen molar-refractivity contribution in [3.05, 3.63) is 28.8 Å². The van der Waals surface area contributed by atoms with Crippen molar-refractivity contribution >= 4 is 12.6 Å². The van der Waals surface area contributed by atoms with E-state index in [-0.39, 0.29) is 11.4 Å². The van der Waals surface area contributed by atoms with Gasteiger partial charge in [0.15, 0.2) is 0 Å². The molecule has 0 bridgehead atoms. The van der Waals surface area contributed by atoms with Crippen LogP contribution in [0.15, 0.2) is 12.1 Å². The lowest BCUT2D eigenvalue weighted by molar-refractivity contribution is -0.137. The van der Waals surface area contributed by atoms with Crippen LogP contribution < -0.4 is 5.46 Å². The van der Waals surface area contributed by atoms with Gasteiger partial charge in [-0.25, -0.2) is 0 Å². The Kier molecular flexibility index (Phi) is 3.66. The Labute approximate surface area is 135 Å². The van der Waals surface area contributed by atoms with E-state index < -0.39 is 30.1 Å². The number of hydrogen-bond donors (Lipinski definition) is 0. The lowest BCUT2D eigenvalue weighted by Crippen LogP contribution is -2.41. The summed E-state index contributed by atoms with van der Waals surface area (Å²) in [5.74, 6) is 0.00713. The van der Waals surface area contributed by atoms with Crippen molar-refractivity contribution in [2.45, 2.75) is 70.8 Å². The number of hydrogen-bond acceptors (Lipinski definition) is 2. The van der Waals surface area contributed by atoms with Gasteiger partial charge in [0.1, 0.15) is 0 Å². The third-order valence-electron chi connectivity index (χ3n) is 5.15. The zero-order chi connectivity index (χ0) is 17.2. The summed E-state index contributed by atoms with van der Waals surface area (Å²) in [6.45, 7) is 9.20. The van der Waals surface area contributed by atoms with Gasteiger partial charge in [-0.2, -0.15) is 13.2 Å². The van der Waals surface area contributed by atoms with Crippen molar-refractivity contribution in [2.24, 2.45) is 0 Å². The summed E-state index contributed by atoms with van der Waals surface area (Å²) in [6.07, 6.45) is -2.78. The van der Waals surface area contributed by atoms with Gasteiger partial charge in [-0.05, 0) is 64.4 Å². The Balaban J connectivity index is 2.13. The van der Waals surface area contributed by atoms with Gasteiger partial charge in [0.25, 0.3) is 0 Å². The average Bonchev–Trinajstić information content (AvgIpc) is 3.15. The third kappa shape index (κ3) is 2.91. The van der Waals surface area contributed by atoms with Gasteiger partial charge in [0, 0.05) is 0 Å². The van der Waals surface area contributed by atoms with Gasteiger partial charge in [-0.15, -0.1) is 0 Å². The predicted molar refractivity (Wildman–Crippen MR) is 83.9 cm³/mol. The molecule has 0 N–H and O–H groups in total. The van der Waals surface area contributed by atoms with Crippen molar-refractivity contribution in [1.29, 1.82) is 0 Å². The molecule has 2 fully saturated rings. The van der Waals surface area contributed by atoms with Gasteiger partial charge in [0.2, 0.25) is 0 Å². The fourth-order valence-electron chi connectivity index (χ4n) is 3.04. The second-order valence-corrected chi connectivity index (χ2v) is 7.68. The van der Waals surface area contributed by atoms with Crippen molar-refractivity contribution in [1.82, 2.24) is 0 Å². The van der Waals surface area contributed by atoms with E-state index in [0.29, 0.717) is 5.56 Å². The summed E-state index contributed by atoms with van der Waals surface area (Å²) >= 11 is 0. The van der Waals surface area contributed by atoms with Crippen LogP contribution in [0.4, 0.5) is 13.2 Å². The van der Waals surface area contributed by atoms with E-state index in [1.165, 1.54) is 0 Å². The highest BCUT2D eigenvalue weighted by Gasteiger charge is 2.54. The largest absolute Gasteiger partial charge is 0.495 e. The fraction of sp³-hybridized carbons (Fsp3) is 0.647. The number of alkyl halides is 3. The quantitative estimate of drug-likeness (QED) is 0.759. The van der Waals surface area contributed by atoms with Crippen LogP contribution in [0.1, 0.15) is 63.1 Å². The van der Waals surface area contributed by atoms with E-state index in [0.717, 1.165) is 18.4 Å². The maximum Gasteiger partial charge on any atom is 0.495 e. The van der Waals surface area contributed by atoms with Crippen LogP contribution in [0.3, 0.4) is 0 Å². The zero-order valence-corrected chi connectivity index (χ0v) is 14.2. The Morgan fingerprint density at radius 1 is 1.04 bits per heavy atom. The van der Waals surface area contributed by atoms with Crippen LogP contribution in [0, 0.1) is 6.92 Å². The van der Waals surface area contributed by atoms with E-state index in [2.05, 4.69) is 0 Å². The van der Waals surface area contributed by atoms with E-state index in [9.17, 15) is 13.2 Å². The third-order valence-corrected chi connectivity index (χ3v) is 5.15. The molecule has 3 rings (SSSR count). The standard InChI is InChI=1S/C17H22BF3O2/c1-10-8-12(11-6-7-11)14(17(19,20)21)13(9-10)18-22-15(2,3)16(4,5)23-18/h8-9,11H,6-7H2,1-5H3. The first-order valence-electron chi connectivity index (χ1n) is 8.00. The van der Waals surface area contributed by atoms with Crippen molar-refractivity contribution in [3.63, 3.8) is 0 Å². The van der Waals surface area contributed by atoms with Crippen LogP contribution in [-0.4, -0.2) is 18.3 Å². The van der Waals surface area contributed by atoms with Crippen molar-refractivity contribution in [2.75, 3.05) is 0 Å². The molecule has 1 heterocycles. The zero-order valence-electron chi connectivity index (χ0n) is 14.2. The molecule has 0 aromatic heterocycles. The minimum absolute atomic E-state index is 0.00713. The molecule has 1 aliphatic carbocycles. The molecule has 1 aromatic carbocycles. The summed E-state index contributed by atoms with van der Waals surface area (Å²) in [7, 11) is -0.992. The topological polar surface area (TPSA) is 18.5 Å². The van der Waals surface area contributed by atoms with Crippen molar-refractivity contribution in [3.8, 4) is 0 Å². The Morgan fingerprint density at radius 2 is 1.57 bits per heavy atom. The maximum absolute atomic E-state index is 13.8. The maximum atomic E-state index is 13.8. The molecular formula is C17H22BF3O2. The monoisotopic (exact) mass is 326 g/mol. The van der Waals surface area contributed by atoms with Crippen LogP contribution >= 0.6 is 0 Å². The summed E-state index contributed by atoms with van der Waals surface area (Å²) in [5.41, 5.74) is -0.581. The molecule has 1 aromatic rings. The molecule has 0 unspecified atom stereocenters. The van der Waals surface area contributed by atoms with E-state index in [1.54, 1.807) is 12.1 Å². The molecule has 0 atom stereocenters. The van der Waals surface area contributed by atoms with Crippen LogP contribution in [0.25, 0.3) is 0 Å². The molecule has 0 amide bonds. The SMILES string of the molecule is Cc1cc(B2OC(C)(C)C(C)(C)O2)c(C(F)(F)F)c(C2CC2)c1. The summed E-state index contributed by atoms with van der Waals surface area (Å²) in [5, 5.41) is 0. The first-order valence-corrected chi connectivity index (χ1v) is 8.00. The molecule has 2 nitrogen and oxygen atoms in total. The average molecular weight is 326 g/mol. The lowest BCUT2D eigenvalue weighted by atomic mass is 9.73. The van der Waals surface area contributed by atoms with Gasteiger partial charge in [0.05, 0.1) is 16.8 Å². The van der Waals surface area contributed by atoms with Crippen LogP contribution in [-0.2, 0) is 15.5 Å². The minimum atomic E-state index is -4.41. The first kappa shape index (κ1) is 16.8. The Morgan fingerprint density at radius 3 is 2.00 bits per heavy atom. The summed E-state index contributed by atoms with van der Waals surface area (Å²) in [4.78, 5) is 0. The van der Waals surface area contributed by atoms with Crippen LogP contribution in [0.5, 0.6) is 0 Å². The second kappa shape index (κ2) is 4.99. The Bertz CT molecular complexity index is 617. The molecule has 0 spiro atoms. The minimum Gasteiger partial charge on any atom is -0.399 e.